The molecule has 1 aromatic rings. The standard InChI is InChI=1S/C18H22BF2NO2S/c1-17(2)18(3,4)24-19(23-17)22-11-10-14(13-8-6-5-7-9-13)15(12-22)25-16(20)21/h5-11,16H,12H2,1-4H3. The predicted molar refractivity (Wildman–Crippen MR) is 98.9 cm³/mol. The summed E-state index contributed by atoms with van der Waals surface area (Å²) in [6.07, 6.45) is 3.72. The van der Waals surface area contributed by atoms with Gasteiger partial charge in [-0.1, -0.05) is 42.1 Å². The van der Waals surface area contributed by atoms with Gasteiger partial charge in [0.05, 0.1) is 11.2 Å². The summed E-state index contributed by atoms with van der Waals surface area (Å²) in [5.41, 5.74) is 0.810. The zero-order chi connectivity index (χ0) is 18.2. The van der Waals surface area contributed by atoms with Gasteiger partial charge < -0.3 is 14.1 Å². The minimum absolute atomic E-state index is 0.326. The quantitative estimate of drug-likeness (QED) is 0.717. The summed E-state index contributed by atoms with van der Waals surface area (Å²) in [6, 6.07) is 9.57. The van der Waals surface area contributed by atoms with Crippen molar-refractivity contribution in [2.45, 2.75) is 44.7 Å². The molecule has 0 unspecified atom stereocenters. The third-order valence-electron chi connectivity index (χ3n) is 4.89. The zero-order valence-corrected chi connectivity index (χ0v) is 15.6. The molecule has 0 bridgehead atoms. The van der Waals surface area contributed by atoms with E-state index in [4.69, 9.17) is 9.31 Å². The van der Waals surface area contributed by atoms with E-state index in [9.17, 15) is 8.78 Å². The van der Waals surface area contributed by atoms with Gasteiger partial charge in [0.2, 0.25) is 0 Å². The highest BCUT2D eigenvalue weighted by molar-refractivity contribution is 8.03. The van der Waals surface area contributed by atoms with Crippen LogP contribution in [-0.4, -0.2) is 35.6 Å². The summed E-state index contributed by atoms with van der Waals surface area (Å²) in [4.78, 5) is 2.44. The van der Waals surface area contributed by atoms with Crippen LogP contribution in [0.4, 0.5) is 8.78 Å². The fraction of sp³-hybridized carbons (Fsp3) is 0.444. The maximum atomic E-state index is 13.1. The van der Waals surface area contributed by atoms with Crippen molar-refractivity contribution in [3.8, 4) is 0 Å². The summed E-state index contributed by atoms with van der Waals surface area (Å²) in [6.45, 7) is 8.22. The van der Waals surface area contributed by atoms with E-state index < -0.39 is 24.2 Å². The van der Waals surface area contributed by atoms with Crippen LogP contribution in [0.1, 0.15) is 33.3 Å². The molecule has 0 saturated carbocycles. The number of halogens is 2. The van der Waals surface area contributed by atoms with Crippen molar-refractivity contribution in [2.24, 2.45) is 0 Å². The molecule has 2 aliphatic rings. The molecule has 134 valence electrons. The minimum atomic E-state index is -2.47. The van der Waals surface area contributed by atoms with Crippen molar-refractivity contribution >= 4 is 24.6 Å². The zero-order valence-electron chi connectivity index (χ0n) is 14.8. The van der Waals surface area contributed by atoms with Gasteiger partial charge in [-0.15, -0.1) is 0 Å². The van der Waals surface area contributed by atoms with Gasteiger partial charge in [0, 0.05) is 11.4 Å². The second kappa shape index (κ2) is 6.78. The molecule has 0 amide bonds. The lowest BCUT2D eigenvalue weighted by molar-refractivity contribution is 0.00578. The molecule has 0 radical (unpaired) electrons. The monoisotopic (exact) mass is 365 g/mol. The molecular formula is C18H22BF2NO2S. The SMILES string of the molecule is CC1(C)OB(N2C=CC(c3ccccc3)=C(SC(F)F)C2)OC1(C)C. The first-order valence-corrected chi connectivity index (χ1v) is 9.10. The predicted octanol–water partition coefficient (Wildman–Crippen LogP) is 4.77. The minimum Gasteiger partial charge on any atom is -0.384 e. The molecule has 3 nitrogen and oxygen atoms in total. The van der Waals surface area contributed by atoms with Gasteiger partial charge in [-0.05, 0) is 51.1 Å². The highest BCUT2D eigenvalue weighted by atomic mass is 32.2. The molecule has 0 aromatic heterocycles. The van der Waals surface area contributed by atoms with Crippen LogP contribution >= 0.6 is 11.8 Å². The Morgan fingerprint density at radius 1 is 1.08 bits per heavy atom. The summed E-state index contributed by atoms with van der Waals surface area (Å²) in [5.74, 6) is -2.47. The lowest BCUT2D eigenvalue weighted by Crippen LogP contribution is -2.41. The van der Waals surface area contributed by atoms with E-state index in [1.54, 1.807) is 0 Å². The molecule has 0 spiro atoms. The summed E-state index contributed by atoms with van der Waals surface area (Å²) >= 11 is 0.583. The van der Waals surface area contributed by atoms with Crippen molar-refractivity contribution in [3.05, 3.63) is 53.1 Å². The third-order valence-corrected chi connectivity index (χ3v) is 5.70. The Morgan fingerprint density at radius 2 is 1.68 bits per heavy atom. The summed E-state index contributed by atoms with van der Waals surface area (Å²) < 4.78 is 38.2. The van der Waals surface area contributed by atoms with E-state index in [-0.39, 0.29) is 0 Å². The second-order valence-electron chi connectivity index (χ2n) is 7.13. The molecule has 0 atom stereocenters. The van der Waals surface area contributed by atoms with Crippen LogP contribution < -0.4 is 0 Å². The van der Waals surface area contributed by atoms with Crippen LogP contribution in [0.5, 0.6) is 0 Å². The Balaban J connectivity index is 1.85. The van der Waals surface area contributed by atoms with Gasteiger partial charge >= 0.3 is 7.25 Å². The molecule has 3 rings (SSSR count). The number of hydrogen-bond donors (Lipinski definition) is 0. The smallest absolute Gasteiger partial charge is 0.384 e. The van der Waals surface area contributed by atoms with Gasteiger partial charge in [0.25, 0.3) is 5.76 Å². The van der Waals surface area contributed by atoms with E-state index in [1.807, 2.05) is 75.1 Å². The molecule has 0 N–H and O–H groups in total. The van der Waals surface area contributed by atoms with E-state index in [0.717, 1.165) is 11.1 Å². The first kappa shape index (κ1) is 18.5. The van der Waals surface area contributed by atoms with Gasteiger partial charge in [-0.25, -0.2) is 0 Å². The highest BCUT2D eigenvalue weighted by Crippen LogP contribution is 2.40. The number of nitrogens with zero attached hydrogens (tertiary/aromatic N) is 1. The van der Waals surface area contributed by atoms with Gasteiger partial charge in [-0.3, -0.25) is 0 Å². The van der Waals surface area contributed by atoms with Crippen LogP contribution in [0.3, 0.4) is 0 Å². The van der Waals surface area contributed by atoms with Gasteiger partial charge in [0.1, 0.15) is 0 Å². The second-order valence-corrected chi connectivity index (χ2v) is 8.22. The van der Waals surface area contributed by atoms with Crippen molar-refractivity contribution in [1.82, 2.24) is 4.81 Å². The number of allylic oxidation sites excluding steroid dienone is 2. The number of hydrogen-bond acceptors (Lipinski definition) is 4. The lowest BCUT2D eigenvalue weighted by atomic mass is 9.90. The first-order chi connectivity index (χ1) is 11.7. The Kier molecular flexibility index (Phi) is 5.01. The average molecular weight is 365 g/mol. The molecule has 25 heavy (non-hydrogen) atoms. The highest BCUT2D eigenvalue weighted by Gasteiger charge is 2.54. The fourth-order valence-corrected chi connectivity index (χ4v) is 3.49. The topological polar surface area (TPSA) is 21.7 Å². The molecule has 1 aromatic carbocycles. The molecule has 0 aliphatic carbocycles. The molecule has 1 saturated heterocycles. The Hall–Kier alpha value is -1.31. The van der Waals surface area contributed by atoms with Gasteiger partial charge in [0.15, 0.2) is 0 Å². The van der Waals surface area contributed by atoms with E-state index in [0.29, 0.717) is 23.2 Å². The Labute approximate surface area is 152 Å². The van der Waals surface area contributed by atoms with Crippen molar-refractivity contribution in [2.75, 3.05) is 6.54 Å². The van der Waals surface area contributed by atoms with E-state index in [2.05, 4.69) is 0 Å². The molecule has 2 aliphatic heterocycles. The Morgan fingerprint density at radius 3 is 2.24 bits per heavy atom. The normalized spacial score (nSPS) is 22.2. The number of thioether (sulfide) groups is 1. The number of alkyl halides is 2. The van der Waals surface area contributed by atoms with Crippen LogP contribution in [-0.2, 0) is 9.31 Å². The first-order valence-electron chi connectivity index (χ1n) is 8.22. The average Bonchev–Trinajstić information content (AvgIpc) is 2.76. The third kappa shape index (κ3) is 3.78. The molecule has 7 heteroatoms. The van der Waals surface area contributed by atoms with Crippen molar-refractivity contribution in [1.29, 1.82) is 0 Å². The van der Waals surface area contributed by atoms with Crippen LogP contribution in [0.25, 0.3) is 5.57 Å². The maximum Gasteiger partial charge on any atom is 0.594 e. The largest absolute Gasteiger partial charge is 0.594 e. The summed E-state index contributed by atoms with van der Waals surface area (Å²) in [7, 11) is -0.591. The van der Waals surface area contributed by atoms with Gasteiger partial charge in [-0.2, -0.15) is 8.78 Å². The molecule has 1 fully saturated rings. The molecular weight excluding hydrogens is 343 g/mol. The summed E-state index contributed by atoms with van der Waals surface area (Å²) in [5, 5.41) is 0. The van der Waals surface area contributed by atoms with Crippen LogP contribution in [0.2, 0.25) is 0 Å². The van der Waals surface area contributed by atoms with Crippen LogP contribution in [0, 0.1) is 0 Å². The Bertz CT molecular complexity index is 676. The molecule has 2 heterocycles. The lowest BCUT2D eigenvalue weighted by Gasteiger charge is -2.32. The fourth-order valence-electron chi connectivity index (χ4n) is 2.74. The maximum absolute atomic E-state index is 13.1. The van der Waals surface area contributed by atoms with Crippen molar-refractivity contribution in [3.63, 3.8) is 0 Å². The number of benzene rings is 1. The number of rotatable bonds is 4. The van der Waals surface area contributed by atoms with E-state index >= 15 is 0 Å². The van der Waals surface area contributed by atoms with Crippen LogP contribution in [0.15, 0.2) is 47.5 Å². The van der Waals surface area contributed by atoms with E-state index in [1.165, 1.54) is 0 Å². The van der Waals surface area contributed by atoms with Crippen molar-refractivity contribution < 1.29 is 18.1 Å².